The molecular formula is C15H16N4O2S. The van der Waals surface area contributed by atoms with Crippen molar-refractivity contribution in [2.24, 2.45) is 0 Å². The number of amides is 1. The van der Waals surface area contributed by atoms with E-state index in [0.29, 0.717) is 18.2 Å². The Labute approximate surface area is 132 Å². The SMILES string of the molecule is O=C(CSc1ccncc1)N1CC[C@H](Oc2ccncn2)C1. The second-order valence-corrected chi connectivity index (χ2v) is 5.94. The van der Waals surface area contributed by atoms with Crippen LogP contribution in [-0.2, 0) is 4.79 Å². The van der Waals surface area contributed by atoms with Gasteiger partial charge in [-0.15, -0.1) is 11.8 Å². The largest absolute Gasteiger partial charge is 0.472 e. The molecule has 0 spiro atoms. The van der Waals surface area contributed by atoms with E-state index in [9.17, 15) is 4.79 Å². The van der Waals surface area contributed by atoms with Crippen molar-refractivity contribution in [1.29, 1.82) is 0 Å². The Morgan fingerprint density at radius 2 is 2.09 bits per heavy atom. The minimum atomic E-state index is 0.00442. The molecule has 1 saturated heterocycles. The zero-order valence-corrected chi connectivity index (χ0v) is 12.8. The molecule has 3 heterocycles. The molecule has 0 saturated carbocycles. The minimum Gasteiger partial charge on any atom is -0.472 e. The normalized spacial score (nSPS) is 17.5. The predicted molar refractivity (Wildman–Crippen MR) is 82.6 cm³/mol. The molecule has 0 aliphatic carbocycles. The molecule has 0 N–H and O–H groups in total. The smallest absolute Gasteiger partial charge is 0.233 e. The number of carbonyl (C=O) groups excluding carboxylic acids is 1. The van der Waals surface area contributed by atoms with E-state index in [2.05, 4.69) is 15.0 Å². The highest BCUT2D eigenvalue weighted by atomic mass is 32.2. The van der Waals surface area contributed by atoms with Crippen LogP contribution in [0.5, 0.6) is 5.88 Å². The number of hydrogen-bond acceptors (Lipinski definition) is 6. The van der Waals surface area contributed by atoms with Gasteiger partial charge in [-0.1, -0.05) is 0 Å². The third kappa shape index (κ3) is 3.94. The number of rotatable bonds is 5. The fraction of sp³-hybridized carbons (Fsp3) is 0.333. The Balaban J connectivity index is 1.46. The highest BCUT2D eigenvalue weighted by Crippen LogP contribution is 2.20. The van der Waals surface area contributed by atoms with Crippen molar-refractivity contribution in [3.8, 4) is 5.88 Å². The first-order valence-corrected chi connectivity index (χ1v) is 8.03. The van der Waals surface area contributed by atoms with Crippen molar-refractivity contribution in [3.05, 3.63) is 43.1 Å². The number of thioether (sulfide) groups is 1. The summed E-state index contributed by atoms with van der Waals surface area (Å²) < 4.78 is 5.76. The number of carbonyl (C=O) groups is 1. The van der Waals surface area contributed by atoms with Crippen LogP contribution in [0.3, 0.4) is 0 Å². The molecule has 114 valence electrons. The first-order valence-electron chi connectivity index (χ1n) is 7.04. The predicted octanol–water partition coefficient (Wildman–Crippen LogP) is 1.64. The van der Waals surface area contributed by atoms with Crippen LogP contribution in [0.15, 0.2) is 48.0 Å². The van der Waals surface area contributed by atoms with Crippen LogP contribution >= 0.6 is 11.8 Å². The van der Waals surface area contributed by atoms with E-state index >= 15 is 0 Å². The van der Waals surface area contributed by atoms with Crippen molar-refractivity contribution in [1.82, 2.24) is 19.9 Å². The topological polar surface area (TPSA) is 68.2 Å². The molecule has 3 rings (SSSR count). The van der Waals surface area contributed by atoms with Crippen LogP contribution in [-0.4, -0.2) is 50.7 Å². The average Bonchev–Trinajstić information content (AvgIpc) is 3.03. The summed E-state index contributed by atoms with van der Waals surface area (Å²) in [6, 6.07) is 5.54. The molecular weight excluding hydrogens is 300 g/mol. The Kier molecular flexibility index (Phi) is 4.85. The second kappa shape index (κ2) is 7.22. The van der Waals surface area contributed by atoms with Crippen molar-refractivity contribution in [3.63, 3.8) is 0 Å². The Bertz CT molecular complexity index is 611. The highest BCUT2D eigenvalue weighted by Gasteiger charge is 2.27. The van der Waals surface area contributed by atoms with Gasteiger partial charge in [-0.3, -0.25) is 9.78 Å². The monoisotopic (exact) mass is 316 g/mol. The van der Waals surface area contributed by atoms with Gasteiger partial charge >= 0.3 is 0 Å². The molecule has 2 aromatic rings. The van der Waals surface area contributed by atoms with E-state index in [4.69, 9.17) is 4.74 Å². The van der Waals surface area contributed by atoms with Crippen molar-refractivity contribution < 1.29 is 9.53 Å². The lowest BCUT2D eigenvalue weighted by molar-refractivity contribution is -0.127. The summed E-state index contributed by atoms with van der Waals surface area (Å²) in [5.74, 6) is 1.13. The fourth-order valence-electron chi connectivity index (χ4n) is 2.24. The zero-order valence-electron chi connectivity index (χ0n) is 12.0. The third-order valence-electron chi connectivity index (χ3n) is 3.35. The van der Waals surface area contributed by atoms with Gasteiger partial charge in [0.15, 0.2) is 0 Å². The first-order chi connectivity index (χ1) is 10.8. The van der Waals surface area contributed by atoms with E-state index in [1.54, 1.807) is 24.7 Å². The van der Waals surface area contributed by atoms with Gasteiger partial charge in [0.2, 0.25) is 11.8 Å². The molecule has 6 nitrogen and oxygen atoms in total. The van der Waals surface area contributed by atoms with Gasteiger partial charge in [0.1, 0.15) is 12.4 Å². The molecule has 22 heavy (non-hydrogen) atoms. The van der Waals surface area contributed by atoms with Crippen molar-refractivity contribution >= 4 is 17.7 Å². The van der Waals surface area contributed by atoms with E-state index in [-0.39, 0.29) is 12.0 Å². The lowest BCUT2D eigenvalue weighted by atomic mass is 10.3. The Morgan fingerprint density at radius 1 is 1.27 bits per heavy atom. The van der Waals surface area contributed by atoms with Gasteiger partial charge in [0.25, 0.3) is 0 Å². The van der Waals surface area contributed by atoms with Gasteiger partial charge in [-0.25, -0.2) is 9.97 Å². The number of hydrogen-bond donors (Lipinski definition) is 0. The van der Waals surface area contributed by atoms with Gasteiger partial charge < -0.3 is 9.64 Å². The molecule has 1 aliphatic rings. The number of aromatic nitrogens is 3. The van der Waals surface area contributed by atoms with Gasteiger partial charge in [0, 0.05) is 42.5 Å². The standard InChI is InChI=1S/C15H16N4O2S/c20-15(10-22-13-1-5-16-6-2-13)19-8-4-12(9-19)21-14-3-7-17-11-18-14/h1-3,5-7,11-12H,4,8-10H2/t12-/m0/s1. The number of ether oxygens (including phenoxy) is 1. The third-order valence-corrected chi connectivity index (χ3v) is 4.35. The van der Waals surface area contributed by atoms with Crippen molar-refractivity contribution in [2.45, 2.75) is 17.4 Å². The van der Waals surface area contributed by atoms with Crippen LogP contribution in [0.25, 0.3) is 0 Å². The van der Waals surface area contributed by atoms with Crippen LogP contribution in [0.2, 0.25) is 0 Å². The number of likely N-dealkylation sites (tertiary alicyclic amines) is 1. The molecule has 0 radical (unpaired) electrons. The molecule has 2 aromatic heterocycles. The van der Waals surface area contributed by atoms with Gasteiger partial charge in [0.05, 0.1) is 12.3 Å². The molecule has 0 aromatic carbocycles. The average molecular weight is 316 g/mol. The fourth-order valence-corrected chi connectivity index (χ4v) is 3.03. The molecule has 1 aliphatic heterocycles. The number of nitrogens with zero attached hydrogens (tertiary/aromatic N) is 4. The summed E-state index contributed by atoms with van der Waals surface area (Å²) in [5.41, 5.74) is 0. The molecule has 0 bridgehead atoms. The highest BCUT2D eigenvalue weighted by molar-refractivity contribution is 8.00. The summed E-state index contributed by atoms with van der Waals surface area (Å²) in [6.45, 7) is 1.34. The number of pyridine rings is 1. The second-order valence-electron chi connectivity index (χ2n) is 4.89. The maximum absolute atomic E-state index is 12.2. The van der Waals surface area contributed by atoms with E-state index < -0.39 is 0 Å². The molecule has 1 fully saturated rings. The van der Waals surface area contributed by atoms with Crippen LogP contribution in [0.4, 0.5) is 0 Å². The van der Waals surface area contributed by atoms with Crippen LogP contribution < -0.4 is 4.74 Å². The summed E-state index contributed by atoms with van der Waals surface area (Å²) in [6.07, 6.45) is 7.40. The quantitative estimate of drug-likeness (QED) is 0.781. The first kappa shape index (κ1) is 14.8. The summed E-state index contributed by atoms with van der Waals surface area (Å²) >= 11 is 1.53. The Morgan fingerprint density at radius 3 is 2.86 bits per heavy atom. The molecule has 1 atom stereocenters. The van der Waals surface area contributed by atoms with Gasteiger partial charge in [-0.05, 0) is 12.1 Å². The summed E-state index contributed by atoms with van der Waals surface area (Å²) in [4.78, 5) is 27.0. The molecule has 0 unspecified atom stereocenters. The van der Waals surface area contributed by atoms with Gasteiger partial charge in [-0.2, -0.15) is 0 Å². The van der Waals surface area contributed by atoms with Crippen molar-refractivity contribution in [2.75, 3.05) is 18.8 Å². The van der Waals surface area contributed by atoms with E-state index in [0.717, 1.165) is 17.9 Å². The summed E-state index contributed by atoms with van der Waals surface area (Å²) in [5, 5.41) is 0. The van der Waals surface area contributed by atoms with Crippen LogP contribution in [0.1, 0.15) is 6.42 Å². The van der Waals surface area contributed by atoms with E-state index in [1.165, 1.54) is 18.1 Å². The van der Waals surface area contributed by atoms with E-state index in [1.807, 2.05) is 17.0 Å². The summed E-state index contributed by atoms with van der Waals surface area (Å²) in [7, 11) is 0. The maximum Gasteiger partial charge on any atom is 0.233 e. The maximum atomic E-state index is 12.2. The zero-order chi connectivity index (χ0) is 15.2. The minimum absolute atomic E-state index is 0.00442. The molecule has 1 amide bonds. The lowest BCUT2D eigenvalue weighted by Gasteiger charge is -2.16. The molecule has 7 heteroatoms. The lowest BCUT2D eigenvalue weighted by Crippen LogP contribution is -2.32. The van der Waals surface area contributed by atoms with Crippen LogP contribution in [0, 0.1) is 0 Å². The Hall–Kier alpha value is -2.15.